The lowest BCUT2D eigenvalue weighted by molar-refractivity contribution is 0.288. The summed E-state index contributed by atoms with van der Waals surface area (Å²) in [5.74, 6) is 0.533. The van der Waals surface area contributed by atoms with E-state index in [4.69, 9.17) is 4.74 Å². The Morgan fingerprint density at radius 1 is 1.25 bits per heavy atom. The minimum atomic E-state index is 0.0570. The predicted molar refractivity (Wildman–Crippen MR) is 62.5 cm³/mol. The topological polar surface area (TPSA) is 29.5 Å². The minimum Gasteiger partial charge on any atom is -0.504 e. The van der Waals surface area contributed by atoms with Gasteiger partial charge in [-0.05, 0) is 30.2 Å². The number of hydrogen-bond acceptors (Lipinski definition) is 2. The average molecular weight is 213 g/mol. The molecule has 0 aliphatic rings. The Labute approximate surface area is 95.1 Å². The Balaban J connectivity index is 2.08. The van der Waals surface area contributed by atoms with E-state index in [2.05, 4.69) is 6.07 Å². The minimum absolute atomic E-state index is 0.0570. The lowest BCUT2D eigenvalue weighted by Crippen LogP contribution is -1.95. The number of benzene rings is 2. The lowest BCUT2D eigenvalue weighted by Gasteiger charge is -2.08. The number of hydrogen-bond donors (Lipinski definition) is 1. The molecule has 0 spiro atoms. The number of phenolic OH excluding ortho intramolecular Hbond substituents is 1. The van der Waals surface area contributed by atoms with Gasteiger partial charge in [0.25, 0.3) is 0 Å². The molecule has 2 heteroatoms. The summed E-state index contributed by atoms with van der Waals surface area (Å²) < 4.78 is 5.52. The smallest absolute Gasteiger partial charge is 0.165 e. The summed E-state index contributed by atoms with van der Waals surface area (Å²) in [6.07, 6.45) is 0. The second-order valence-corrected chi connectivity index (χ2v) is 3.66. The van der Waals surface area contributed by atoms with E-state index in [1.54, 1.807) is 12.1 Å². The van der Waals surface area contributed by atoms with Crippen molar-refractivity contribution in [1.29, 1.82) is 0 Å². The summed E-state index contributed by atoms with van der Waals surface area (Å²) in [5, 5.41) is 9.53. The van der Waals surface area contributed by atoms with Gasteiger partial charge in [-0.25, -0.2) is 0 Å². The molecule has 2 aromatic rings. The van der Waals surface area contributed by atoms with Gasteiger partial charge in [-0.1, -0.05) is 30.3 Å². The standard InChI is InChI=1S/C14H13O2/c1-11-7-8-13(15)14(9-11)16-10-12-5-3-2-4-6-12/h2-7,9,15H,10H2,1H3. The number of aromatic hydroxyl groups is 1. The van der Waals surface area contributed by atoms with Crippen LogP contribution in [0.25, 0.3) is 0 Å². The van der Waals surface area contributed by atoms with Crippen molar-refractivity contribution in [1.82, 2.24) is 0 Å². The summed E-state index contributed by atoms with van der Waals surface area (Å²) in [6, 6.07) is 16.1. The van der Waals surface area contributed by atoms with Gasteiger partial charge in [-0.3, -0.25) is 0 Å². The average Bonchev–Trinajstić information content (AvgIpc) is 2.32. The zero-order valence-corrected chi connectivity index (χ0v) is 9.10. The van der Waals surface area contributed by atoms with E-state index in [1.807, 2.05) is 37.3 Å². The van der Waals surface area contributed by atoms with Gasteiger partial charge in [0.2, 0.25) is 0 Å². The van der Waals surface area contributed by atoms with Crippen molar-refractivity contribution >= 4 is 0 Å². The second kappa shape index (κ2) is 4.71. The first-order chi connectivity index (χ1) is 7.75. The maximum absolute atomic E-state index is 9.53. The zero-order chi connectivity index (χ0) is 11.4. The van der Waals surface area contributed by atoms with Crippen LogP contribution in [0.3, 0.4) is 0 Å². The number of rotatable bonds is 3. The molecule has 0 atom stereocenters. The molecule has 1 N–H and O–H groups in total. The molecule has 2 rings (SSSR count). The van der Waals surface area contributed by atoms with Crippen LogP contribution in [-0.4, -0.2) is 5.11 Å². The van der Waals surface area contributed by atoms with E-state index < -0.39 is 0 Å². The highest BCUT2D eigenvalue weighted by atomic mass is 16.5. The van der Waals surface area contributed by atoms with Gasteiger partial charge in [0.05, 0.1) is 0 Å². The van der Waals surface area contributed by atoms with Gasteiger partial charge in [0.1, 0.15) is 6.61 Å². The fourth-order valence-electron chi connectivity index (χ4n) is 1.42. The van der Waals surface area contributed by atoms with Crippen LogP contribution >= 0.6 is 0 Å². The van der Waals surface area contributed by atoms with Crippen molar-refractivity contribution in [2.75, 3.05) is 0 Å². The van der Waals surface area contributed by atoms with Crippen LogP contribution in [0.15, 0.2) is 42.5 Å². The maximum atomic E-state index is 9.53. The SMILES string of the molecule is Cc1c[c]c(O)c(OCc2ccccc2)c1. The van der Waals surface area contributed by atoms with Crippen molar-refractivity contribution in [3.8, 4) is 11.5 Å². The van der Waals surface area contributed by atoms with E-state index in [0.29, 0.717) is 12.4 Å². The van der Waals surface area contributed by atoms with Gasteiger partial charge < -0.3 is 9.84 Å². The Morgan fingerprint density at radius 2 is 2.00 bits per heavy atom. The van der Waals surface area contributed by atoms with Gasteiger partial charge in [0.15, 0.2) is 11.5 Å². The van der Waals surface area contributed by atoms with Crippen LogP contribution < -0.4 is 4.74 Å². The third-order valence-electron chi connectivity index (χ3n) is 2.27. The largest absolute Gasteiger partial charge is 0.504 e. The highest BCUT2D eigenvalue weighted by molar-refractivity contribution is 5.40. The Kier molecular flexibility index (Phi) is 3.10. The molecule has 0 unspecified atom stereocenters. The highest BCUT2D eigenvalue weighted by Gasteiger charge is 2.02. The number of ether oxygens (including phenoxy) is 1. The van der Waals surface area contributed by atoms with Gasteiger partial charge in [0, 0.05) is 6.07 Å². The molecule has 1 radical (unpaired) electrons. The third-order valence-corrected chi connectivity index (χ3v) is 2.27. The maximum Gasteiger partial charge on any atom is 0.165 e. The molecule has 16 heavy (non-hydrogen) atoms. The highest BCUT2D eigenvalue weighted by Crippen LogP contribution is 2.26. The summed E-state index contributed by atoms with van der Waals surface area (Å²) in [5.41, 5.74) is 2.09. The molecule has 0 heterocycles. The van der Waals surface area contributed by atoms with E-state index in [0.717, 1.165) is 11.1 Å². The van der Waals surface area contributed by atoms with Crippen LogP contribution in [-0.2, 0) is 6.61 Å². The van der Waals surface area contributed by atoms with Crippen molar-refractivity contribution in [2.24, 2.45) is 0 Å². The van der Waals surface area contributed by atoms with E-state index in [-0.39, 0.29) is 5.75 Å². The van der Waals surface area contributed by atoms with Crippen molar-refractivity contribution in [2.45, 2.75) is 13.5 Å². The lowest BCUT2D eigenvalue weighted by atomic mass is 10.2. The summed E-state index contributed by atoms with van der Waals surface area (Å²) in [7, 11) is 0. The van der Waals surface area contributed by atoms with Crippen LogP contribution in [0.4, 0.5) is 0 Å². The van der Waals surface area contributed by atoms with E-state index >= 15 is 0 Å². The van der Waals surface area contributed by atoms with Crippen molar-refractivity contribution in [3.05, 3.63) is 59.7 Å². The molecule has 81 valence electrons. The van der Waals surface area contributed by atoms with Gasteiger partial charge in [-0.2, -0.15) is 0 Å². The van der Waals surface area contributed by atoms with Crippen LogP contribution in [0, 0.1) is 13.0 Å². The Hall–Kier alpha value is -1.96. The first-order valence-corrected chi connectivity index (χ1v) is 5.14. The third kappa shape index (κ3) is 2.54. The predicted octanol–water partition coefficient (Wildman–Crippen LogP) is 3.08. The number of phenols is 1. The molecule has 0 aliphatic heterocycles. The van der Waals surface area contributed by atoms with Gasteiger partial charge in [-0.15, -0.1) is 0 Å². The molecule has 0 bridgehead atoms. The first kappa shape index (κ1) is 10.6. The molecule has 0 fully saturated rings. The van der Waals surface area contributed by atoms with E-state index in [1.165, 1.54) is 0 Å². The molecule has 0 saturated heterocycles. The molecular formula is C14H13O2. The molecule has 2 aromatic carbocycles. The molecular weight excluding hydrogens is 200 g/mol. The molecule has 0 aromatic heterocycles. The molecule has 0 aliphatic carbocycles. The zero-order valence-electron chi connectivity index (χ0n) is 9.10. The van der Waals surface area contributed by atoms with Crippen LogP contribution in [0.5, 0.6) is 11.5 Å². The quantitative estimate of drug-likeness (QED) is 0.849. The summed E-state index contributed by atoms with van der Waals surface area (Å²) in [6.45, 7) is 2.39. The monoisotopic (exact) mass is 213 g/mol. The van der Waals surface area contributed by atoms with Crippen LogP contribution in [0.2, 0.25) is 0 Å². The molecule has 0 saturated carbocycles. The summed E-state index contributed by atoms with van der Waals surface area (Å²) >= 11 is 0. The fourth-order valence-corrected chi connectivity index (χ4v) is 1.42. The number of aryl methyl sites for hydroxylation is 1. The van der Waals surface area contributed by atoms with Crippen molar-refractivity contribution in [3.63, 3.8) is 0 Å². The first-order valence-electron chi connectivity index (χ1n) is 5.14. The normalized spacial score (nSPS) is 10.1. The van der Waals surface area contributed by atoms with Gasteiger partial charge >= 0.3 is 0 Å². The van der Waals surface area contributed by atoms with E-state index in [9.17, 15) is 5.11 Å². The Morgan fingerprint density at radius 3 is 2.75 bits per heavy atom. The fraction of sp³-hybridized carbons (Fsp3) is 0.143. The summed E-state index contributed by atoms with van der Waals surface area (Å²) in [4.78, 5) is 0. The second-order valence-electron chi connectivity index (χ2n) is 3.66. The van der Waals surface area contributed by atoms with Crippen molar-refractivity contribution < 1.29 is 9.84 Å². The van der Waals surface area contributed by atoms with Crippen LogP contribution in [0.1, 0.15) is 11.1 Å². The molecule has 0 amide bonds. The molecule has 2 nitrogen and oxygen atoms in total. The Bertz CT molecular complexity index is 463.